The molecule has 0 spiro atoms. The average molecular weight is 413 g/mol. The summed E-state index contributed by atoms with van der Waals surface area (Å²) in [7, 11) is 1.64. The van der Waals surface area contributed by atoms with Crippen molar-refractivity contribution in [1.82, 2.24) is 14.8 Å². The summed E-state index contributed by atoms with van der Waals surface area (Å²) in [5, 5.41) is 5.80. The van der Waals surface area contributed by atoms with Crippen LogP contribution in [0.3, 0.4) is 0 Å². The molecule has 0 saturated carbocycles. The highest BCUT2D eigenvalue weighted by Gasteiger charge is 2.26. The van der Waals surface area contributed by atoms with E-state index in [0.29, 0.717) is 28.7 Å². The lowest BCUT2D eigenvalue weighted by molar-refractivity contribution is 0.102. The lowest BCUT2D eigenvalue weighted by atomic mass is 10.0. The molecule has 0 fully saturated rings. The molecular weight excluding hydrogens is 396 g/mol. The van der Waals surface area contributed by atoms with Gasteiger partial charge in [-0.25, -0.2) is 9.67 Å². The summed E-state index contributed by atoms with van der Waals surface area (Å²) < 4.78 is 7.05. The van der Waals surface area contributed by atoms with Crippen LogP contribution in [0.4, 0.5) is 5.95 Å². The highest BCUT2D eigenvalue weighted by atomic mass is 35.5. The fourth-order valence-electron chi connectivity index (χ4n) is 3.00. The molecule has 28 heavy (non-hydrogen) atoms. The van der Waals surface area contributed by atoms with Crippen molar-refractivity contribution in [1.29, 1.82) is 0 Å². The summed E-state index contributed by atoms with van der Waals surface area (Å²) in [5.41, 5.74) is 1.73. The van der Waals surface area contributed by atoms with Crippen LogP contribution in [0.5, 0.6) is 5.75 Å². The molecule has 8 heteroatoms. The molecule has 1 aliphatic rings. The van der Waals surface area contributed by atoms with Gasteiger partial charge < -0.3 is 4.74 Å². The van der Waals surface area contributed by atoms with E-state index in [0.717, 1.165) is 16.4 Å². The third-order valence-electron chi connectivity index (χ3n) is 4.48. The van der Waals surface area contributed by atoms with Gasteiger partial charge in [0.05, 0.1) is 23.9 Å². The smallest absolute Gasteiger partial charge is 0.249 e. The third-order valence-corrected chi connectivity index (χ3v) is 5.73. The molecule has 0 radical (unpaired) electrons. The first-order valence-electron chi connectivity index (χ1n) is 8.66. The number of benzene rings is 2. The number of halogens is 1. The largest absolute Gasteiger partial charge is 0.497 e. The van der Waals surface area contributed by atoms with Gasteiger partial charge in [-0.1, -0.05) is 23.7 Å². The number of hydrogen-bond donors (Lipinski definition) is 0. The number of rotatable bonds is 5. The number of ether oxygens (including phenoxy) is 1. The lowest BCUT2D eigenvalue weighted by Gasteiger charge is -2.23. The fraction of sp³-hybridized carbons (Fsp3) is 0.200. The number of Topliss-reactive ketones (excluding diaryl/α,β-unsaturated/α-hetero) is 1. The predicted octanol–water partition coefficient (Wildman–Crippen LogP) is 4.58. The standard InChI is InChI=1S/C20H17ClN4O2S/c1-27-16-8-4-13(5-9-16)17-10-19(24-20-22-12-23-25(17)20)28-11-18(26)14-2-6-15(21)7-3-14/h2-9,12,17H,10-11H2,1H3. The van der Waals surface area contributed by atoms with E-state index in [4.69, 9.17) is 16.3 Å². The van der Waals surface area contributed by atoms with Crippen LogP contribution in [-0.2, 0) is 0 Å². The Hall–Kier alpha value is -2.64. The lowest BCUT2D eigenvalue weighted by Crippen LogP contribution is -2.20. The molecule has 142 valence electrons. The topological polar surface area (TPSA) is 69.4 Å². The van der Waals surface area contributed by atoms with Gasteiger partial charge in [-0.3, -0.25) is 4.79 Å². The summed E-state index contributed by atoms with van der Waals surface area (Å²) in [6.07, 6.45) is 2.16. The second-order valence-electron chi connectivity index (χ2n) is 6.22. The zero-order valence-electron chi connectivity index (χ0n) is 15.1. The first-order valence-corrected chi connectivity index (χ1v) is 10.0. The minimum atomic E-state index is -0.0194. The van der Waals surface area contributed by atoms with Crippen molar-refractivity contribution in [3.63, 3.8) is 0 Å². The molecule has 0 N–H and O–H groups in total. The Morgan fingerprint density at radius 1 is 1.21 bits per heavy atom. The van der Waals surface area contributed by atoms with Crippen LogP contribution in [-0.4, -0.2) is 38.5 Å². The van der Waals surface area contributed by atoms with E-state index >= 15 is 0 Å². The molecule has 1 atom stereocenters. The maximum absolute atomic E-state index is 12.5. The maximum Gasteiger partial charge on any atom is 0.249 e. The van der Waals surface area contributed by atoms with Crippen LogP contribution in [0.15, 0.2) is 59.9 Å². The number of aromatic nitrogens is 3. The van der Waals surface area contributed by atoms with Crippen LogP contribution >= 0.6 is 23.4 Å². The summed E-state index contributed by atoms with van der Waals surface area (Å²) >= 11 is 7.33. The number of aliphatic imine (C=N–C) groups is 1. The first kappa shape index (κ1) is 18.7. The van der Waals surface area contributed by atoms with Gasteiger partial charge in [0.15, 0.2) is 5.78 Å². The molecule has 4 rings (SSSR count). The summed E-state index contributed by atoms with van der Waals surface area (Å²) in [5.74, 6) is 1.70. The van der Waals surface area contributed by atoms with E-state index in [-0.39, 0.29) is 11.8 Å². The molecular formula is C20H17ClN4O2S. The van der Waals surface area contributed by atoms with E-state index in [2.05, 4.69) is 15.1 Å². The van der Waals surface area contributed by atoms with E-state index in [9.17, 15) is 4.79 Å². The van der Waals surface area contributed by atoms with E-state index in [1.54, 1.807) is 31.4 Å². The predicted molar refractivity (Wildman–Crippen MR) is 111 cm³/mol. The zero-order chi connectivity index (χ0) is 19.5. The van der Waals surface area contributed by atoms with Crippen molar-refractivity contribution in [2.75, 3.05) is 12.9 Å². The molecule has 2 aromatic carbocycles. The molecule has 0 saturated heterocycles. The highest BCUT2D eigenvalue weighted by Crippen LogP contribution is 2.34. The van der Waals surface area contributed by atoms with Crippen LogP contribution < -0.4 is 4.74 Å². The summed E-state index contributed by atoms with van der Waals surface area (Å²) in [4.78, 5) is 21.3. The third kappa shape index (κ3) is 3.95. The van der Waals surface area contributed by atoms with Crippen LogP contribution in [0, 0.1) is 0 Å². The van der Waals surface area contributed by atoms with Gasteiger partial charge in [-0.2, -0.15) is 10.1 Å². The number of ketones is 1. The van der Waals surface area contributed by atoms with Crippen LogP contribution in [0.2, 0.25) is 5.02 Å². The van der Waals surface area contributed by atoms with E-state index in [1.807, 2.05) is 28.9 Å². The number of hydrogen-bond acceptors (Lipinski definition) is 6. The minimum absolute atomic E-state index is 0.0194. The highest BCUT2D eigenvalue weighted by molar-refractivity contribution is 8.14. The first-order chi connectivity index (χ1) is 13.6. The van der Waals surface area contributed by atoms with Crippen molar-refractivity contribution in [2.24, 2.45) is 4.99 Å². The molecule has 0 bridgehead atoms. The Kier molecular flexibility index (Phi) is 5.45. The Morgan fingerprint density at radius 2 is 1.96 bits per heavy atom. The molecule has 1 unspecified atom stereocenters. The van der Waals surface area contributed by atoms with Gasteiger partial charge in [0.25, 0.3) is 0 Å². The van der Waals surface area contributed by atoms with Gasteiger partial charge in [-0.05, 0) is 42.0 Å². The number of carbonyl (C=O) groups excluding carboxylic acids is 1. The monoisotopic (exact) mass is 412 g/mol. The molecule has 0 aliphatic carbocycles. The second-order valence-corrected chi connectivity index (χ2v) is 7.71. The van der Waals surface area contributed by atoms with Crippen molar-refractivity contribution in [3.05, 3.63) is 71.0 Å². The van der Waals surface area contributed by atoms with E-state index < -0.39 is 0 Å². The van der Waals surface area contributed by atoms with Crippen molar-refractivity contribution in [3.8, 4) is 5.75 Å². The molecule has 1 aliphatic heterocycles. The second kappa shape index (κ2) is 8.16. The number of fused-ring (bicyclic) bond motifs is 1. The molecule has 2 heterocycles. The zero-order valence-corrected chi connectivity index (χ0v) is 16.7. The molecule has 3 aromatic rings. The maximum atomic E-state index is 12.5. The van der Waals surface area contributed by atoms with Crippen LogP contribution in [0.1, 0.15) is 28.4 Å². The van der Waals surface area contributed by atoms with E-state index in [1.165, 1.54) is 18.1 Å². The quantitative estimate of drug-likeness (QED) is 0.573. The van der Waals surface area contributed by atoms with Gasteiger partial charge in [-0.15, -0.1) is 11.8 Å². The molecule has 6 nitrogen and oxygen atoms in total. The Labute approximate surface area is 171 Å². The summed E-state index contributed by atoms with van der Waals surface area (Å²) in [6.45, 7) is 0. The Balaban J connectivity index is 1.50. The summed E-state index contributed by atoms with van der Waals surface area (Å²) in [6, 6.07) is 14.8. The van der Waals surface area contributed by atoms with Crippen molar-refractivity contribution < 1.29 is 9.53 Å². The molecule has 0 amide bonds. The van der Waals surface area contributed by atoms with Crippen molar-refractivity contribution in [2.45, 2.75) is 12.5 Å². The van der Waals surface area contributed by atoms with Gasteiger partial charge in [0.2, 0.25) is 5.95 Å². The number of methoxy groups -OCH3 is 1. The number of carbonyl (C=O) groups is 1. The van der Waals surface area contributed by atoms with Crippen molar-refractivity contribution >= 4 is 40.1 Å². The normalized spacial score (nSPS) is 15.6. The van der Waals surface area contributed by atoms with Gasteiger partial charge in [0, 0.05) is 17.0 Å². The van der Waals surface area contributed by atoms with Gasteiger partial charge >= 0.3 is 0 Å². The minimum Gasteiger partial charge on any atom is -0.497 e. The van der Waals surface area contributed by atoms with Crippen LogP contribution in [0.25, 0.3) is 0 Å². The Bertz CT molecular complexity index is 1020. The average Bonchev–Trinajstić information content (AvgIpc) is 3.20. The SMILES string of the molecule is COc1ccc(C2CC(SCC(=O)c3ccc(Cl)cc3)=Nc3ncnn32)cc1. The molecule has 1 aromatic heterocycles. The number of nitrogens with zero attached hydrogens (tertiary/aromatic N) is 4. The van der Waals surface area contributed by atoms with Gasteiger partial charge in [0.1, 0.15) is 12.1 Å². The fourth-order valence-corrected chi connectivity index (χ4v) is 4.01. The number of thioether (sulfide) groups is 1. The Morgan fingerprint density at radius 3 is 2.68 bits per heavy atom.